The molecular weight excluding hydrogens is 360 g/mol. The van der Waals surface area contributed by atoms with Crippen molar-refractivity contribution in [2.45, 2.75) is 77.2 Å². The Hall–Kier alpha value is -2.28. The number of hydrogen-bond acceptors (Lipinski definition) is 6. The number of nitrogens with one attached hydrogen (secondary N) is 1. The van der Waals surface area contributed by atoms with Crippen molar-refractivity contribution in [3.8, 4) is 5.75 Å². The summed E-state index contributed by atoms with van der Waals surface area (Å²) in [6.45, 7) is 6.03. The fraction of sp³-hybridized carbons (Fsp3) is 0.619. The standard InChI is InChI=1S/C21H32N2O5/c1-21(2,3)28-20(25)23-18(19(24)27-17-6-4-5-7-17)12-13-26-16-10-8-15(14-22)9-11-16/h8-11,17-18H,4-7,12-14,22H2,1-3H3,(H,23,25)/t18-/m0/s1. The molecule has 1 amide bonds. The maximum Gasteiger partial charge on any atom is 0.408 e. The Balaban J connectivity index is 1.91. The van der Waals surface area contributed by atoms with Gasteiger partial charge in [0.25, 0.3) is 0 Å². The number of hydrogen-bond donors (Lipinski definition) is 2. The van der Waals surface area contributed by atoms with E-state index in [2.05, 4.69) is 5.32 Å². The van der Waals surface area contributed by atoms with Gasteiger partial charge in [-0.3, -0.25) is 0 Å². The van der Waals surface area contributed by atoms with Crippen LogP contribution in [0.4, 0.5) is 4.79 Å². The lowest BCUT2D eigenvalue weighted by molar-refractivity contribution is -0.151. The number of esters is 1. The van der Waals surface area contributed by atoms with Crippen LogP contribution in [0.25, 0.3) is 0 Å². The van der Waals surface area contributed by atoms with E-state index in [9.17, 15) is 9.59 Å². The molecule has 7 nitrogen and oxygen atoms in total. The predicted octanol–water partition coefficient (Wildman–Crippen LogP) is 3.29. The third-order valence-corrected chi connectivity index (χ3v) is 4.39. The molecule has 2 rings (SSSR count). The predicted molar refractivity (Wildman–Crippen MR) is 106 cm³/mol. The van der Waals surface area contributed by atoms with E-state index in [0.29, 0.717) is 12.3 Å². The smallest absolute Gasteiger partial charge is 0.408 e. The first-order chi connectivity index (χ1) is 13.3. The summed E-state index contributed by atoms with van der Waals surface area (Å²) >= 11 is 0. The van der Waals surface area contributed by atoms with E-state index >= 15 is 0 Å². The molecule has 1 aromatic carbocycles. The fourth-order valence-electron chi connectivity index (χ4n) is 2.97. The molecule has 0 heterocycles. The molecule has 0 aromatic heterocycles. The Bertz CT molecular complexity index is 633. The van der Waals surface area contributed by atoms with E-state index in [4.69, 9.17) is 19.9 Å². The zero-order chi connectivity index (χ0) is 20.6. The van der Waals surface area contributed by atoms with E-state index < -0.39 is 23.7 Å². The number of nitrogens with two attached hydrogens (primary N) is 1. The van der Waals surface area contributed by atoms with Gasteiger partial charge in [0.1, 0.15) is 23.5 Å². The van der Waals surface area contributed by atoms with Crippen molar-refractivity contribution in [2.24, 2.45) is 5.73 Å². The van der Waals surface area contributed by atoms with E-state index in [1.165, 1.54) is 0 Å². The summed E-state index contributed by atoms with van der Waals surface area (Å²) in [7, 11) is 0. The Morgan fingerprint density at radius 1 is 1.18 bits per heavy atom. The number of amides is 1. The molecule has 1 aliphatic carbocycles. The van der Waals surface area contributed by atoms with Crippen LogP contribution in [-0.2, 0) is 20.8 Å². The number of carbonyl (C=O) groups is 2. The molecule has 156 valence electrons. The first-order valence-corrected chi connectivity index (χ1v) is 9.88. The van der Waals surface area contributed by atoms with Gasteiger partial charge in [-0.1, -0.05) is 12.1 Å². The van der Waals surface area contributed by atoms with Crippen LogP contribution in [0.5, 0.6) is 5.75 Å². The number of ether oxygens (including phenoxy) is 3. The Morgan fingerprint density at radius 2 is 1.82 bits per heavy atom. The van der Waals surface area contributed by atoms with Gasteiger partial charge in [-0.05, 0) is 64.2 Å². The summed E-state index contributed by atoms with van der Waals surface area (Å²) in [4.78, 5) is 24.7. The summed E-state index contributed by atoms with van der Waals surface area (Å²) in [5, 5.41) is 2.62. The third-order valence-electron chi connectivity index (χ3n) is 4.39. The van der Waals surface area contributed by atoms with Crippen LogP contribution < -0.4 is 15.8 Å². The third kappa shape index (κ3) is 7.76. The minimum atomic E-state index is -0.821. The first kappa shape index (κ1) is 22.0. The van der Waals surface area contributed by atoms with Crippen LogP contribution in [0.15, 0.2) is 24.3 Å². The number of rotatable bonds is 8. The van der Waals surface area contributed by atoms with Crippen molar-refractivity contribution in [1.82, 2.24) is 5.32 Å². The maximum absolute atomic E-state index is 12.6. The highest BCUT2D eigenvalue weighted by atomic mass is 16.6. The molecule has 1 aromatic rings. The summed E-state index contributed by atoms with van der Waals surface area (Å²) in [6, 6.07) is 6.61. The van der Waals surface area contributed by atoms with Gasteiger partial charge >= 0.3 is 12.1 Å². The summed E-state index contributed by atoms with van der Waals surface area (Å²) in [5.74, 6) is 0.234. The highest BCUT2D eigenvalue weighted by Crippen LogP contribution is 2.22. The quantitative estimate of drug-likeness (QED) is 0.659. The maximum atomic E-state index is 12.6. The van der Waals surface area contributed by atoms with Gasteiger partial charge in [-0.25, -0.2) is 9.59 Å². The molecule has 1 fully saturated rings. The zero-order valence-corrected chi connectivity index (χ0v) is 17.0. The molecule has 0 aliphatic heterocycles. The van der Waals surface area contributed by atoms with Crippen LogP contribution in [-0.4, -0.2) is 36.4 Å². The second kappa shape index (κ2) is 10.3. The normalized spacial score (nSPS) is 15.7. The molecule has 0 saturated heterocycles. The van der Waals surface area contributed by atoms with E-state index in [0.717, 1.165) is 31.2 Å². The Morgan fingerprint density at radius 3 is 2.39 bits per heavy atom. The lowest BCUT2D eigenvalue weighted by atomic mass is 10.2. The monoisotopic (exact) mass is 392 g/mol. The van der Waals surface area contributed by atoms with Gasteiger partial charge in [0.2, 0.25) is 0 Å². The van der Waals surface area contributed by atoms with Gasteiger partial charge < -0.3 is 25.3 Å². The number of alkyl carbamates (subject to hydrolysis) is 1. The van der Waals surface area contributed by atoms with Gasteiger partial charge in [-0.15, -0.1) is 0 Å². The van der Waals surface area contributed by atoms with Crippen LogP contribution in [0.3, 0.4) is 0 Å². The molecule has 1 saturated carbocycles. The molecule has 3 N–H and O–H groups in total. The molecule has 0 unspecified atom stereocenters. The largest absolute Gasteiger partial charge is 0.494 e. The van der Waals surface area contributed by atoms with Crippen molar-refractivity contribution >= 4 is 12.1 Å². The SMILES string of the molecule is CC(C)(C)OC(=O)N[C@@H](CCOc1ccc(CN)cc1)C(=O)OC1CCCC1. The van der Waals surface area contributed by atoms with Crippen LogP contribution >= 0.6 is 0 Å². The lowest BCUT2D eigenvalue weighted by Crippen LogP contribution is -2.45. The van der Waals surface area contributed by atoms with E-state index in [1.54, 1.807) is 20.8 Å². The van der Waals surface area contributed by atoms with Gasteiger partial charge in [0, 0.05) is 13.0 Å². The molecule has 28 heavy (non-hydrogen) atoms. The van der Waals surface area contributed by atoms with Crippen LogP contribution in [0.1, 0.15) is 58.4 Å². The Labute approximate surface area is 166 Å². The Kier molecular flexibility index (Phi) is 8.11. The van der Waals surface area contributed by atoms with Crippen molar-refractivity contribution in [3.63, 3.8) is 0 Å². The van der Waals surface area contributed by atoms with Crippen LogP contribution in [0.2, 0.25) is 0 Å². The van der Waals surface area contributed by atoms with E-state index in [-0.39, 0.29) is 19.1 Å². The van der Waals surface area contributed by atoms with Gasteiger partial charge in [0.15, 0.2) is 0 Å². The number of carbonyl (C=O) groups excluding carboxylic acids is 2. The van der Waals surface area contributed by atoms with Gasteiger partial charge in [0.05, 0.1) is 6.61 Å². The van der Waals surface area contributed by atoms with Gasteiger partial charge in [-0.2, -0.15) is 0 Å². The topological polar surface area (TPSA) is 99.9 Å². The molecule has 0 spiro atoms. The van der Waals surface area contributed by atoms with E-state index in [1.807, 2.05) is 24.3 Å². The summed E-state index contributed by atoms with van der Waals surface area (Å²) < 4.78 is 16.5. The summed E-state index contributed by atoms with van der Waals surface area (Å²) in [6.07, 6.45) is 3.43. The second-order valence-electron chi connectivity index (χ2n) is 8.03. The number of benzene rings is 1. The molecular formula is C21H32N2O5. The average Bonchev–Trinajstić information content (AvgIpc) is 3.13. The lowest BCUT2D eigenvalue weighted by Gasteiger charge is -2.24. The summed E-state index contributed by atoms with van der Waals surface area (Å²) in [5.41, 5.74) is 5.95. The fourth-order valence-corrected chi connectivity index (χ4v) is 2.97. The first-order valence-electron chi connectivity index (χ1n) is 9.88. The highest BCUT2D eigenvalue weighted by molar-refractivity contribution is 5.81. The molecule has 7 heteroatoms. The zero-order valence-electron chi connectivity index (χ0n) is 17.0. The average molecular weight is 392 g/mol. The molecule has 1 atom stereocenters. The highest BCUT2D eigenvalue weighted by Gasteiger charge is 2.28. The second-order valence-corrected chi connectivity index (χ2v) is 8.03. The van der Waals surface area contributed by atoms with Crippen molar-refractivity contribution < 1.29 is 23.8 Å². The minimum Gasteiger partial charge on any atom is -0.494 e. The van der Waals surface area contributed by atoms with Crippen LogP contribution in [0, 0.1) is 0 Å². The molecule has 0 bridgehead atoms. The molecule has 0 radical (unpaired) electrons. The minimum absolute atomic E-state index is 0.0693. The van der Waals surface area contributed by atoms with Crippen molar-refractivity contribution in [2.75, 3.05) is 6.61 Å². The van der Waals surface area contributed by atoms with Crippen molar-refractivity contribution in [3.05, 3.63) is 29.8 Å². The van der Waals surface area contributed by atoms with Crippen molar-refractivity contribution in [1.29, 1.82) is 0 Å². The molecule has 1 aliphatic rings.